The SMILES string of the molecule is CC(C#N)S(=O)(=O)NCC1(CO)CC1. The second-order valence-corrected chi connectivity index (χ2v) is 5.88. The Morgan fingerprint density at radius 1 is 1.64 bits per heavy atom. The molecule has 0 aliphatic heterocycles. The van der Waals surface area contributed by atoms with Gasteiger partial charge in [-0.05, 0) is 19.8 Å². The third-order valence-corrected chi connectivity index (χ3v) is 4.17. The lowest BCUT2D eigenvalue weighted by molar-refractivity contribution is 0.213. The Morgan fingerprint density at radius 3 is 2.57 bits per heavy atom. The highest BCUT2D eigenvalue weighted by Gasteiger charge is 2.42. The Morgan fingerprint density at radius 2 is 2.21 bits per heavy atom. The molecule has 0 saturated heterocycles. The lowest BCUT2D eigenvalue weighted by atomic mass is 10.1. The highest BCUT2D eigenvalue weighted by Crippen LogP contribution is 2.44. The molecule has 6 heteroatoms. The first kappa shape index (κ1) is 11.4. The fourth-order valence-electron chi connectivity index (χ4n) is 1.02. The zero-order valence-corrected chi connectivity index (χ0v) is 8.84. The van der Waals surface area contributed by atoms with Gasteiger partial charge in [-0.1, -0.05) is 0 Å². The number of nitriles is 1. The van der Waals surface area contributed by atoms with Crippen molar-refractivity contribution >= 4 is 10.0 Å². The third kappa shape index (κ3) is 2.44. The van der Waals surface area contributed by atoms with Crippen molar-refractivity contribution in [3.05, 3.63) is 0 Å². The topological polar surface area (TPSA) is 90.2 Å². The zero-order chi connectivity index (χ0) is 10.8. The summed E-state index contributed by atoms with van der Waals surface area (Å²) >= 11 is 0. The minimum absolute atomic E-state index is 0.00352. The summed E-state index contributed by atoms with van der Waals surface area (Å²) in [4.78, 5) is 0. The van der Waals surface area contributed by atoms with E-state index in [0.717, 1.165) is 12.8 Å². The standard InChI is InChI=1S/C8H14N2O3S/c1-7(4-9)14(12,13)10-5-8(6-11)2-3-8/h7,10-11H,2-3,5-6H2,1H3. The minimum atomic E-state index is -3.54. The maximum absolute atomic E-state index is 11.3. The molecule has 5 nitrogen and oxygen atoms in total. The molecule has 1 atom stereocenters. The van der Waals surface area contributed by atoms with Gasteiger partial charge >= 0.3 is 0 Å². The molecular weight excluding hydrogens is 204 g/mol. The molecule has 1 aliphatic rings. The maximum Gasteiger partial charge on any atom is 0.227 e. The van der Waals surface area contributed by atoms with Gasteiger partial charge in [0.05, 0.1) is 6.07 Å². The first-order chi connectivity index (χ1) is 6.46. The summed E-state index contributed by atoms with van der Waals surface area (Å²) in [6.45, 7) is 1.56. The van der Waals surface area contributed by atoms with Crippen LogP contribution in [-0.2, 0) is 10.0 Å². The van der Waals surface area contributed by atoms with Gasteiger partial charge < -0.3 is 5.11 Å². The van der Waals surface area contributed by atoms with Gasteiger partial charge in [0.25, 0.3) is 0 Å². The van der Waals surface area contributed by atoms with E-state index in [1.54, 1.807) is 6.07 Å². The van der Waals surface area contributed by atoms with Crippen molar-refractivity contribution in [3.63, 3.8) is 0 Å². The van der Waals surface area contributed by atoms with E-state index in [-0.39, 0.29) is 18.6 Å². The maximum atomic E-state index is 11.3. The number of aliphatic hydroxyl groups is 1. The van der Waals surface area contributed by atoms with Crippen LogP contribution in [0.1, 0.15) is 19.8 Å². The van der Waals surface area contributed by atoms with Gasteiger partial charge in [0.1, 0.15) is 0 Å². The van der Waals surface area contributed by atoms with Crippen LogP contribution in [-0.4, -0.2) is 31.9 Å². The molecule has 1 unspecified atom stereocenters. The average molecular weight is 218 g/mol. The highest BCUT2D eigenvalue weighted by atomic mass is 32.2. The van der Waals surface area contributed by atoms with Gasteiger partial charge in [-0.2, -0.15) is 5.26 Å². The summed E-state index contributed by atoms with van der Waals surface area (Å²) in [5.41, 5.74) is -0.262. The Bertz CT molecular complexity index is 340. The van der Waals surface area contributed by atoms with E-state index >= 15 is 0 Å². The van der Waals surface area contributed by atoms with Crippen molar-refractivity contribution < 1.29 is 13.5 Å². The molecule has 0 aromatic carbocycles. The Balaban J connectivity index is 2.50. The van der Waals surface area contributed by atoms with Crippen molar-refractivity contribution in [2.45, 2.75) is 25.0 Å². The van der Waals surface area contributed by atoms with Crippen molar-refractivity contribution in [1.82, 2.24) is 4.72 Å². The molecule has 0 aromatic rings. The number of aliphatic hydroxyl groups excluding tert-OH is 1. The van der Waals surface area contributed by atoms with Gasteiger partial charge in [0.2, 0.25) is 10.0 Å². The fraction of sp³-hybridized carbons (Fsp3) is 0.875. The van der Waals surface area contributed by atoms with E-state index in [2.05, 4.69) is 4.72 Å². The number of hydrogen-bond acceptors (Lipinski definition) is 4. The summed E-state index contributed by atoms with van der Waals surface area (Å²) in [6.07, 6.45) is 1.68. The zero-order valence-electron chi connectivity index (χ0n) is 8.02. The highest BCUT2D eigenvalue weighted by molar-refractivity contribution is 7.90. The molecule has 1 rings (SSSR count). The fourth-order valence-corrected chi connectivity index (χ4v) is 1.91. The van der Waals surface area contributed by atoms with Crippen LogP contribution in [0.2, 0.25) is 0 Å². The molecule has 0 spiro atoms. The molecule has 80 valence electrons. The number of nitrogens with zero attached hydrogens (tertiary/aromatic N) is 1. The molecule has 14 heavy (non-hydrogen) atoms. The Labute approximate surface area is 83.8 Å². The molecular formula is C8H14N2O3S. The third-order valence-electron chi connectivity index (χ3n) is 2.59. The van der Waals surface area contributed by atoms with Crippen LogP contribution < -0.4 is 4.72 Å². The molecule has 0 radical (unpaired) electrons. The first-order valence-corrected chi connectivity index (χ1v) is 5.99. The molecule has 1 saturated carbocycles. The first-order valence-electron chi connectivity index (χ1n) is 4.45. The quantitative estimate of drug-likeness (QED) is 0.656. The van der Waals surface area contributed by atoms with Gasteiger partial charge in [-0.15, -0.1) is 0 Å². The number of rotatable bonds is 5. The van der Waals surface area contributed by atoms with Crippen LogP contribution in [0.5, 0.6) is 0 Å². The predicted molar refractivity (Wildman–Crippen MR) is 50.8 cm³/mol. The van der Waals surface area contributed by atoms with Crippen LogP contribution in [0.25, 0.3) is 0 Å². The Kier molecular flexibility index (Phi) is 3.14. The van der Waals surface area contributed by atoms with E-state index in [1.807, 2.05) is 0 Å². The largest absolute Gasteiger partial charge is 0.396 e. The summed E-state index contributed by atoms with van der Waals surface area (Å²) < 4.78 is 25.0. The van der Waals surface area contributed by atoms with Crippen LogP contribution in [0.3, 0.4) is 0 Å². The van der Waals surface area contributed by atoms with Crippen LogP contribution in [0.4, 0.5) is 0 Å². The molecule has 1 fully saturated rings. The number of nitrogens with one attached hydrogen (secondary N) is 1. The minimum Gasteiger partial charge on any atom is -0.396 e. The van der Waals surface area contributed by atoms with E-state index in [0.29, 0.717) is 0 Å². The second-order valence-electron chi connectivity index (χ2n) is 3.80. The van der Waals surface area contributed by atoms with Crippen molar-refractivity contribution in [2.24, 2.45) is 5.41 Å². The summed E-state index contributed by atoms with van der Waals surface area (Å²) in [6, 6.07) is 1.67. The van der Waals surface area contributed by atoms with Crippen molar-refractivity contribution in [2.75, 3.05) is 13.2 Å². The van der Waals surface area contributed by atoms with Crippen LogP contribution >= 0.6 is 0 Å². The van der Waals surface area contributed by atoms with E-state index in [9.17, 15) is 8.42 Å². The van der Waals surface area contributed by atoms with Gasteiger partial charge in [0, 0.05) is 18.6 Å². The second kappa shape index (κ2) is 3.85. The average Bonchev–Trinajstić information content (AvgIpc) is 2.94. The molecule has 0 aromatic heterocycles. The number of hydrogen-bond donors (Lipinski definition) is 2. The van der Waals surface area contributed by atoms with Crippen LogP contribution in [0.15, 0.2) is 0 Å². The molecule has 0 amide bonds. The normalized spacial score (nSPS) is 21.2. The van der Waals surface area contributed by atoms with E-state index in [4.69, 9.17) is 10.4 Å². The smallest absolute Gasteiger partial charge is 0.227 e. The molecule has 0 bridgehead atoms. The van der Waals surface area contributed by atoms with E-state index in [1.165, 1.54) is 6.92 Å². The molecule has 0 heterocycles. The van der Waals surface area contributed by atoms with Gasteiger partial charge in [0.15, 0.2) is 5.25 Å². The monoisotopic (exact) mass is 218 g/mol. The van der Waals surface area contributed by atoms with Gasteiger partial charge in [-0.3, -0.25) is 0 Å². The van der Waals surface area contributed by atoms with Crippen LogP contribution in [0, 0.1) is 16.7 Å². The number of sulfonamides is 1. The lowest BCUT2D eigenvalue weighted by Gasteiger charge is -2.13. The Hall–Kier alpha value is -0.640. The van der Waals surface area contributed by atoms with Gasteiger partial charge in [-0.25, -0.2) is 13.1 Å². The summed E-state index contributed by atoms with van der Waals surface area (Å²) in [5.74, 6) is 0. The molecule has 2 N–H and O–H groups in total. The lowest BCUT2D eigenvalue weighted by Crippen LogP contribution is -2.36. The van der Waals surface area contributed by atoms with Crippen molar-refractivity contribution in [1.29, 1.82) is 5.26 Å². The summed E-state index contributed by atoms with van der Waals surface area (Å²) in [5, 5.41) is 16.4. The predicted octanol–water partition coefficient (Wildman–Crippen LogP) is -0.410. The van der Waals surface area contributed by atoms with E-state index < -0.39 is 15.3 Å². The van der Waals surface area contributed by atoms with Crippen molar-refractivity contribution in [3.8, 4) is 6.07 Å². The molecule has 1 aliphatic carbocycles. The summed E-state index contributed by atoms with van der Waals surface area (Å²) in [7, 11) is -3.54.